The van der Waals surface area contributed by atoms with Crippen LogP contribution in [0, 0.1) is 5.92 Å². The van der Waals surface area contributed by atoms with E-state index in [-0.39, 0.29) is 5.91 Å². The van der Waals surface area contributed by atoms with Gasteiger partial charge < -0.3 is 10.1 Å². The Kier molecular flexibility index (Phi) is 6.67. The van der Waals surface area contributed by atoms with Gasteiger partial charge in [-0.1, -0.05) is 42.5 Å². The smallest absolute Gasteiger partial charge is 0.238 e. The molecule has 4 heteroatoms. The number of nitrogens with zero attached hydrogens (tertiary/aromatic N) is 1. The molecule has 1 aliphatic rings. The lowest BCUT2D eigenvalue weighted by molar-refractivity contribution is -0.117. The van der Waals surface area contributed by atoms with E-state index in [1.165, 1.54) is 5.56 Å². The molecule has 138 valence electrons. The number of hydrogen-bond acceptors (Lipinski definition) is 3. The first-order valence-electron chi connectivity index (χ1n) is 9.52. The highest BCUT2D eigenvalue weighted by Gasteiger charge is 2.21. The van der Waals surface area contributed by atoms with E-state index < -0.39 is 0 Å². The molecule has 0 atom stereocenters. The van der Waals surface area contributed by atoms with Crippen LogP contribution in [-0.2, 0) is 11.2 Å². The fraction of sp³-hybridized carbons (Fsp3) is 0.409. The third kappa shape index (κ3) is 5.33. The van der Waals surface area contributed by atoms with E-state index in [0.717, 1.165) is 49.7 Å². The Morgan fingerprint density at radius 3 is 2.50 bits per heavy atom. The van der Waals surface area contributed by atoms with Gasteiger partial charge in [-0.3, -0.25) is 9.69 Å². The molecule has 2 aromatic carbocycles. The molecule has 0 aromatic heterocycles. The van der Waals surface area contributed by atoms with Crippen molar-refractivity contribution in [3.63, 3.8) is 0 Å². The summed E-state index contributed by atoms with van der Waals surface area (Å²) < 4.78 is 5.57. The van der Waals surface area contributed by atoms with Gasteiger partial charge in [0.2, 0.25) is 5.91 Å². The molecule has 0 unspecified atom stereocenters. The maximum atomic E-state index is 12.4. The van der Waals surface area contributed by atoms with Gasteiger partial charge in [-0.25, -0.2) is 0 Å². The van der Waals surface area contributed by atoms with E-state index in [0.29, 0.717) is 13.2 Å². The molecule has 2 aromatic rings. The molecule has 0 saturated carbocycles. The average Bonchev–Trinajstić information content (AvgIpc) is 2.66. The van der Waals surface area contributed by atoms with Crippen LogP contribution in [0.5, 0.6) is 5.75 Å². The number of nitrogens with one attached hydrogen (secondary N) is 1. The Balaban J connectivity index is 1.45. The van der Waals surface area contributed by atoms with Gasteiger partial charge in [-0.15, -0.1) is 0 Å². The topological polar surface area (TPSA) is 41.6 Å². The summed E-state index contributed by atoms with van der Waals surface area (Å²) in [5.74, 6) is 1.47. The van der Waals surface area contributed by atoms with Crippen molar-refractivity contribution in [3.8, 4) is 5.75 Å². The van der Waals surface area contributed by atoms with Crippen molar-refractivity contribution in [2.45, 2.75) is 26.2 Å². The van der Waals surface area contributed by atoms with Crippen molar-refractivity contribution in [2.75, 3.05) is 31.6 Å². The molecule has 1 aliphatic heterocycles. The van der Waals surface area contributed by atoms with Gasteiger partial charge in [0, 0.05) is 0 Å². The number of piperidine rings is 1. The minimum absolute atomic E-state index is 0.0265. The van der Waals surface area contributed by atoms with Crippen molar-refractivity contribution in [2.24, 2.45) is 5.92 Å². The number of carbonyl (C=O) groups is 1. The average molecular weight is 352 g/mol. The Hall–Kier alpha value is -2.33. The monoisotopic (exact) mass is 352 g/mol. The standard InChI is InChI=1S/C22H28N2O2/c1-2-26-21-11-7-6-10-20(21)23-22(25)17-24-14-12-19(13-15-24)16-18-8-4-3-5-9-18/h3-11,19H,2,12-17H2,1H3,(H,23,25). The third-order valence-corrected chi connectivity index (χ3v) is 4.90. The van der Waals surface area contributed by atoms with Gasteiger partial charge in [0.15, 0.2) is 0 Å². The number of benzene rings is 2. The molecule has 0 bridgehead atoms. The van der Waals surface area contributed by atoms with E-state index in [4.69, 9.17) is 4.74 Å². The third-order valence-electron chi connectivity index (χ3n) is 4.90. The van der Waals surface area contributed by atoms with Crippen molar-refractivity contribution in [1.29, 1.82) is 0 Å². The van der Waals surface area contributed by atoms with Crippen LogP contribution in [0.4, 0.5) is 5.69 Å². The number of ether oxygens (including phenoxy) is 1. The van der Waals surface area contributed by atoms with Gasteiger partial charge in [0.05, 0.1) is 18.8 Å². The van der Waals surface area contributed by atoms with Crippen LogP contribution in [0.25, 0.3) is 0 Å². The van der Waals surface area contributed by atoms with Crippen LogP contribution < -0.4 is 10.1 Å². The number of hydrogen-bond donors (Lipinski definition) is 1. The van der Waals surface area contributed by atoms with Gasteiger partial charge >= 0.3 is 0 Å². The van der Waals surface area contributed by atoms with Crippen molar-refractivity contribution >= 4 is 11.6 Å². The lowest BCUT2D eigenvalue weighted by Gasteiger charge is -2.31. The zero-order chi connectivity index (χ0) is 18.2. The minimum Gasteiger partial charge on any atom is -0.492 e. The second-order valence-corrected chi connectivity index (χ2v) is 6.89. The summed E-state index contributed by atoms with van der Waals surface area (Å²) in [5.41, 5.74) is 2.16. The Morgan fingerprint density at radius 1 is 1.08 bits per heavy atom. The van der Waals surface area contributed by atoms with Gasteiger partial charge in [0.1, 0.15) is 5.75 Å². The quantitative estimate of drug-likeness (QED) is 0.819. The molecule has 3 rings (SSSR count). The molecular weight excluding hydrogens is 324 g/mol. The molecular formula is C22H28N2O2. The van der Waals surface area contributed by atoms with Crippen LogP contribution in [0.1, 0.15) is 25.3 Å². The largest absolute Gasteiger partial charge is 0.492 e. The van der Waals surface area contributed by atoms with Gasteiger partial charge in [-0.2, -0.15) is 0 Å². The summed E-state index contributed by atoms with van der Waals surface area (Å²) in [7, 11) is 0. The highest BCUT2D eigenvalue weighted by molar-refractivity contribution is 5.93. The number of amides is 1. The summed E-state index contributed by atoms with van der Waals surface area (Å²) in [6.07, 6.45) is 3.44. The Labute approximate surface area is 156 Å². The SMILES string of the molecule is CCOc1ccccc1NC(=O)CN1CCC(Cc2ccccc2)CC1. The van der Waals surface area contributed by atoms with Crippen molar-refractivity contribution in [3.05, 3.63) is 60.2 Å². The number of para-hydroxylation sites is 2. The molecule has 0 radical (unpaired) electrons. The number of rotatable bonds is 7. The summed E-state index contributed by atoms with van der Waals surface area (Å²) in [6, 6.07) is 18.3. The number of anilines is 1. The van der Waals surface area contributed by atoms with Crippen molar-refractivity contribution in [1.82, 2.24) is 4.90 Å². The Morgan fingerprint density at radius 2 is 1.77 bits per heavy atom. The molecule has 1 heterocycles. The fourth-order valence-corrected chi connectivity index (χ4v) is 3.54. The van der Waals surface area contributed by atoms with E-state index in [9.17, 15) is 4.79 Å². The maximum absolute atomic E-state index is 12.4. The van der Waals surface area contributed by atoms with Gasteiger partial charge in [0.25, 0.3) is 0 Å². The minimum atomic E-state index is 0.0265. The maximum Gasteiger partial charge on any atom is 0.238 e. The first-order chi connectivity index (χ1) is 12.7. The number of likely N-dealkylation sites (tertiary alicyclic amines) is 1. The molecule has 1 fully saturated rings. The number of carbonyl (C=O) groups excluding carboxylic acids is 1. The summed E-state index contributed by atoms with van der Waals surface area (Å²) in [4.78, 5) is 14.7. The van der Waals surface area contributed by atoms with E-state index in [2.05, 4.69) is 40.5 Å². The highest BCUT2D eigenvalue weighted by atomic mass is 16.5. The second kappa shape index (κ2) is 9.39. The lowest BCUT2D eigenvalue weighted by atomic mass is 9.90. The molecule has 0 spiro atoms. The predicted molar refractivity (Wildman–Crippen MR) is 106 cm³/mol. The van der Waals surface area contributed by atoms with Crippen LogP contribution in [0.2, 0.25) is 0 Å². The normalized spacial score (nSPS) is 15.6. The summed E-state index contributed by atoms with van der Waals surface area (Å²) in [6.45, 7) is 4.94. The van der Waals surface area contributed by atoms with Crippen LogP contribution >= 0.6 is 0 Å². The highest BCUT2D eigenvalue weighted by Crippen LogP contribution is 2.24. The fourth-order valence-electron chi connectivity index (χ4n) is 3.54. The summed E-state index contributed by atoms with van der Waals surface area (Å²) in [5, 5.41) is 2.99. The van der Waals surface area contributed by atoms with E-state index in [1.807, 2.05) is 31.2 Å². The van der Waals surface area contributed by atoms with E-state index >= 15 is 0 Å². The first-order valence-corrected chi connectivity index (χ1v) is 9.52. The molecule has 0 aliphatic carbocycles. The zero-order valence-electron chi connectivity index (χ0n) is 15.5. The van der Waals surface area contributed by atoms with Crippen LogP contribution in [0.15, 0.2) is 54.6 Å². The van der Waals surface area contributed by atoms with Crippen LogP contribution in [-0.4, -0.2) is 37.0 Å². The molecule has 1 saturated heterocycles. The molecule has 4 nitrogen and oxygen atoms in total. The lowest BCUT2D eigenvalue weighted by Crippen LogP contribution is -2.39. The predicted octanol–water partition coefficient (Wildman–Crippen LogP) is 3.98. The molecule has 1 amide bonds. The molecule has 26 heavy (non-hydrogen) atoms. The second-order valence-electron chi connectivity index (χ2n) is 6.89. The summed E-state index contributed by atoms with van der Waals surface area (Å²) >= 11 is 0. The zero-order valence-corrected chi connectivity index (χ0v) is 15.5. The van der Waals surface area contributed by atoms with Crippen LogP contribution in [0.3, 0.4) is 0 Å². The van der Waals surface area contributed by atoms with Gasteiger partial charge in [-0.05, 0) is 62.9 Å². The van der Waals surface area contributed by atoms with E-state index in [1.54, 1.807) is 0 Å². The van der Waals surface area contributed by atoms with Crippen molar-refractivity contribution < 1.29 is 9.53 Å². The first kappa shape index (κ1) is 18.5. The Bertz CT molecular complexity index is 694. The molecule has 1 N–H and O–H groups in total.